The Kier molecular flexibility index (Phi) is 9.42. The zero-order chi connectivity index (χ0) is 14.7. The minimum atomic E-state index is -0.934. The van der Waals surface area contributed by atoms with Crippen LogP contribution in [-0.4, -0.2) is 57.8 Å². The summed E-state index contributed by atoms with van der Waals surface area (Å²) in [7, 11) is 0. The van der Waals surface area contributed by atoms with Gasteiger partial charge in [-0.05, 0) is 38.8 Å². The predicted octanol–water partition coefficient (Wildman–Crippen LogP) is 0.883. The molecule has 0 fully saturated rings. The number of carboxylic acid groups (broad SMARTS) is 3. The number of nitrogens with zero attached hydrogens (tertiary/aromatic N) is 1. The zero-order valence-corrected chi connectivity index (χ0v) is 10.9. The molecular formula is C12H21NO6. The van der Waals surface area contributed by atoms with Crippen LogP contribution >= 0.6 is 0 Å². The van der Waals surface area contributed by atoms with Gasteiger partial charge < -0.3 is 15.3 Å². The molecule has 0 radical (unpaired) electrons. The normalized spacial score (nSPS) is 10.6. The molecule has 3 N–H and O–H groups in total. The van der Waals surface area contributed by atoms with Gasteiger partial charge in [-0.2, -0.15) is 0 Å². The number of aliphatic carboxylic acids is 3. The third-order valence-electron chi connectivity index (χ3n) is 2.59. The first-order valence-electron chi connectivity index (χ1n) is 6.29. The molecule has 0 unspecified atom stereocenters. The fourth-order valence-electron chi connectivity index (χ4n) is 1.68. The number of unbranched alkanes of at least 4 members (excludes halogenated alkanes) is 2. The van der Waals surface area contributed by atoms with Crippen molar-refractivity contribution in [3.05, 3.63) is 0 Å². The van der Waals surface area contributed by atoms with E-state index in [1.165, 1.54) is 0 Å². The van der Waals surface area contributed by atoms with E-state index in [1.54, 1.807) is 4.90 Å². The topological polar surface area (TPSA) is 115 Å². The Hall–Kier alpha value is -1.63. The van der Waals surface area contributed by atoms with Gasteiger partial charge in [0.2, 0.25) is 0 Å². The van der Waals surface area contributed by atoms with Crippen molar-refractivity contribution in [2.75, 3.05) is 19.6 Å². The molecule has 0 aromatic carbocycles. The lowest BCUT2D eigenvalue weighted by molar-refractivity contribution is -0.139. The second-order valence-corrected chi connectivity index (χ2v) is 4.37. The van der Waals surface area contributed by atoms with E-state index in [0.29, 0.717) is 38.8 Å². The number of hydrogen-bond acceptors (Lipinski definition) is 4. The Morgan fingerprint density at radius 2 is 1.11 bits per heavy atom. The van der Waals surface area contributed by atoms with Crippen LogP contribution in [0.15, 0.2) is 0 Å². The Morgan fingerprint density at radius 1 is 0.684 bits per heavy atom. The van der Waals surface area contributed by atoms with Crippen molar-refractivity contribution in [2.45, 2.75) is 38.5 Å². The summed E-state index contributed by atoms with van der Waals surface area (Å²) in [4.78, 5) is 33.0. The summed E-state index contributed by atoms with van der Waals surface area (Å²) < 4.78 is 0. The van der Waals surface area contributed by atoms with Crippen molar-refractivity contribution < 1.29 is 29.7 Å². The Bertz CT molecular complexity index is 283. The van der Waals surface area contributed by atoms with Gasteiger partial charge >= 0.3 is 17.9 Å². The van der Waals surface area contributed by atoms with Crippen LogP contribution in [-0.2, 0) is 14.4 Å². The average molecular weight is 275 g/mol. The van der Waals surface area contributed by atoms with Crippen LogP contribution in [0.5, 0.6) is 0 Å². The van der Waals surface area contributed by atoms with Gasteiger partial charge in [0.25, 0.3) is 0 Å². The summed E-state index contributed by atoms with van der Waals surface area (Å²) in [6.45, 7) is 0.944. The molecule has 0 rings (SSSR count). The summed E-state index contributed by atoms with van der Waals surface area (Å²) >= 11 is 0. The summed E-state index contributed by atoms with van der Waals surface area (Å²) in [6.07, 6.45) is 2.44. The maximum atomic E-state index is 10.7. The molecule has 0 aliphatic heterocycles. The predicted molar refractivity (Wildman–Crippen MR) is 67.0 cm³/mol. The van der Waals surface area contributed by atoms with Crippen molar-refractivity contribution in [1.82, 2.24) is 4.90 Å². The maximum Gasteiger partial charge on any atom is 0.317 e. The summed E-state index contributed by atoms with van der Waals surface area (Å²) in [5, 5.41) is 25.7. The van der Waals surface area contributed by atoms with Gasteiger partial charge in [0.1, 0.15) is 0 Å². The molecule has 0 aromatic heterocycles. The van der Waals surface area contributed by atoms with Gasteiger partial charge in [-0.15, -0.1) is 0 Å². The molecule has 19 heavy (non-hydrogen) atoms. The first kappa shape index (κ1) is 17.4. The largest absolute Gasteiger partial charge is 0.481 e. The van der Waals surface area contributed by atoms with E-state index in [2.05, 4.69) is 0 Å². The fraction of sp³-hybridized carbons (Fsp3) is 0.750. The third kappa shape index (κ3) is 12.6. The van der Waals surface area contributed by atoms with Crippen molar-refractivity contribution in [2.24, 2.45) is 0 Å². The van der Waals surface area contributed by atoms with Gasteiger partial charge in [0.15, 0.2) is 0 Å². The third-order valence-corrected chi connectivity index (χ3v) is 2.59. The highest BCUT2D eigenvalue weighted by Crippen LogP contribution is 2.03. The van der Waals surface area contributed by atoms with E-state index in [0.717, 1.165) is 0 Å². The Labute approximate surface area is 111 Å². The van der Waals surface area contributed by atoms with Crippen LogP contribution < -0.4 is 0 Å². The van der Waals surface area contributed by atoms with Gasteiger partial charge in [-0.1, -0.05) is 0 Å². The number of carbonyl (C=O) groups is 3. The van der Waals surface area contributed by atoms with E-state index >= 15 is 0 Å². The van der Waals surface area contributed by atoms with Crippen LogP contribution in [0.2, 0.25) is 0 Å². The lowest BCUT2D eigenvalue weighted by Gasteiger charge is -2.19. The Morgan fingerprint density at radius 3 is 1.42 bits per heavy atom. The molecule has 0 amide bonds. The summed E-state index contributed by atoms with van der Waals surface area (Å²) in [5.74, 6) is -2.64. The van der Waals surface area contributed by atoms with E-state index in [4.69, 9.17) is 15.3 Å². The van der Waals surface area contributed by atoms with Gasteiger partial charge in [-0.25, -0.2) is 0 Å². The fourth-order valence-corrected chi connectivity index (χ4v) is 1.68. The van der Waals surface area contributed by atoms with Crippen molar-refractivity contribution in [1.29, 1.82) is 0 Å². The lowest BCUT2D eigenvalue weighted by atomic mass is 10.2. The first-order valence-corrected chi connectivity index (χ1v) is 6.29. The van der Waals surface area contributed by atoms with Crippen molar-refractivity contribution in [3.63, 3.8) is 0 Å². The minimum Gasteiger partial charge on any atom is -0.481 e. The molecule has 0 atom stereocenters. The van der Waals surface area contributed by atoms with Crippen LogP contribution in [0.3, 0.4) is 0 Å². The molecule has 0 saturated carbocycles. The average Bonchev–Trinajstić information content (AvgIpc) is 2.28. The highest BCUT2D eigenvalue weighted by atomic mass is 16.4. The molecule has 0 aliphatic carbocycles. The smallest absolute Gasteiger partial charge is 0.317 e. The maximum absolute atomic E-state index is 10.7. The van der Waals surface area contributed by atoms with Crippen LogP contribution in [0.4, 0.5) is 0 Å². The van der Waals surface area contributed by atoms with Gasteiger partial charge in [-0.3, -0.25) is 19.3 Å². The van der Waals surface area contributed by atoms with Crippen LogP contribution in [0.1, 0.15) is 38.5 Å². The molecule has 7 heteroatoms. The Balaban J connectivity index is 3.84. The first-order chi connectivity index (χ1) is 8.91. The molecule has 0 aliphatic rings. The monoisotopic (exact) mass is 275 g/mol. The van der Waals surface area contributed by atoms with Crippen LogP contribution in [0.25, 0.3) is 0 Å². The molecular weight excluding hydrogens is 254 g/mol. The second kappa shape index (κ2) is 10.3. The van der Waals surface area contributed by atoms with E-state index in [1.807, 2.05) is 0 Å². The molecule has 0 aromatic rings. The molecule has 7 nitrogen and oxygen atoms in total. The molecule has 0 bridgehead atoms. The molecule has 110 valence electrons. The highest BCUT2D eigenvalue weighted by molar-refractivity contribution is 5.69. The number of hydrogen-bond donors (Lipinski definition) is 3. The van der Waals surface area contributed by atoms with E-state index < -0.39 is 17.9 Å². The van der Waals surface area contributed by atoms with E-state index in [-0.39, 0.29) is 19.4 Å². The molecule has 0 heterocycles. The number of carboxylic acids is 3. The SMILES string of the molecule is O=C(O)CCCCN(CCCCC(=O)O)CC(=O)O. The summed E-state index contributed by atoms with van der Waals surface area (Å²) in [6, 6.07) is 0. The van der Waals surface area contributed by atoms with E-state index in [9.17, 15) is 14.4 Å². The van der Waals surface area contributed by atoms with Gasteiger partial charge in [0, 0.05) is 12.8 Å². The number of rotatable bonds is 12. The second-order valence-electron chi connectivity index (χ2n) is 4.37. The van der Waals surface area contributed by atoms with Crippen molar-refractivity contribution >= 4 is 17.9 Å². The highest BCUT2D eigenvalue weighted by Gasteiger charge is 2.09. The lowest BCUT2D eigenvalue weighted by Crippen LogP contribution is -2.31. The minimum absolute atomic E-state index is 0.0833. The molecule has 0 saturated heterocycles. The molecule has 0 spiro atoms. The zero-order valence-electron chi connectivity index (χ0n) is 10.9. The van der Waals surface area contributed by atoms with Crippen LogP contribution in [0, 0.1) is 0 Å². The standard InChI is InChI=1S/C12H21NO6/c14-10(15)5-1-3-7-13(9-12(18)19)8-4-2-6-11(16)17/h1-9H2,(H,14,15)(H,16,17)(H,18,19). The summed E-state index contributed by atoms with van der Waals surface area (Å²) in [5.41, 5.74) is 0. The quantitative estimate of drug-likeness (QED) is 0.453. The van der Waals surface area contributed by atoms with Gasteiger partial charge in [0.05, 0.1) is 6.54 Å². The van der Waals surface area contributed by atoms with Crippen molar-refractivity contribution in [3.8, 4) is 0 Å².